The molecule has 0 bridgehead atoms. The van der Waals surface area contributed by atoms with Gasteiger partial charge in [-0.1, -0.05) is 24.1 Å². The van der Waals surface area contributed by atoms with E-state index in [2.05, 4.69) is 26.4 Å². The fourth-order valence-electron chi connectivity index (χ4n) is 4.87. The Kier molecular flexibility index (Phi) is 7.74. The molecular formula is C31H25FN4O4S3. The molecule has 12 heteroatoms. The minimum atomic E-state index is -4.21. The summed E-state index contributed by atoms with van der Waals surface area (Å²) in [4.78, 5) is 20.6. The van der Waals surface area contributed by atoms with E-state index < -0.39 is 26.7 Å². The number of nitrogens with two attached hydrogens (primary N) is 1. The second kappa shape index (κ2) is 11.5. The molecule has 5 aromatic rings. The van der Waals surface area contributed by atoms with E-state index in [1.807, 2.05) is 37.3 Å². The van der Waals surface area contributed by atoms with Gasteiger partial charge in [0.05, 0.1) is 16.1 Å². The van der Waals surface area contributed by atoms with Gasteiger partial charge < -0.3 is 9.67 Å². The Bertz CT molecular complexity index is 2050. The van der Waals surface area contributed by atoms with Crippen LogP contribution in [-0.2, 0) is 23.0 Å². The number of carboxylic acids is 1. The highest BCUT2D eigenvalue weighted by Gasteiger charge is 2.28. The smallest absolute Gasteiger partial charge is 0.355 e. The van der Waals surface area contributed by atoms with Gasteiger partial charge in [0, 0.05) is 34.4 Å². The number of primary sulfonamides is 1. The van der Waals surface area contributed by atoms with Gasteiger partial charge in [0.25, 0.3) is 0 Å². The Balaban J connectivity index is 1.49. The summed E-state index contributed by atoms with van der Waals surface area (Å²) >= 11 is 2.78. The number of hydrogen-bond donors (Lipinski definition) is 2. The Labute approximate surface area is 255 Å². The molecule has 0 unspecified atom stereocenters. The van der Waals surface area contributed by atoms with Crippen LogP contribution >= 0.6 is 22.7 Å². The van der Waals surface area contributed by atoms with Crippen molar-refractivity contribution < 1.29 is 22.7 Å². The van der Waals surface area contributed by atoms with Crippen LogP contribution in [0.2, 0.25) is 0 Å². The molecule has 6 rings (SSSR count). The van der Waals surface area contributed by atoms with Crippen molar-refractivity contribution in [2.24, 2.45) is 11.1 Å². The molecular weight excluding hydrogens is 608 g/mol. The highest BCUT2D eigenvalue weighted by molar-refractivity contribution is 7.89. The van der Waals surface area contributed by atoms with E-state index in [1.54, 1.807) is 12.3 Å². The average Bonchev–Trinajstić information content (AvgIpc) is 3.30. The highest BCUT2D eigenvalue weighted by Crippen LogP contribution is 2.41. The van der Waals surface area contributed by atoms with Crippen LogP contribution in [0.4, 0.5) is 4.39 Å². The van der Waals surface area contributed by atoms with Gasteiger partial charge >= 0.3 is 5.97 Å². The van der Waals surface area contributed by atoms with Crippen molar-refractivity contribution in [3.63, 3.8) is 0 Å². The number of sulfonamides is 1. The van der Waals surface area contributed by atoms with Crippen molar-refractivity contribution in [1.29, 1.82) is 0 Å². The lowest BCUT2D eigenvalue weighted by atomic mass is 10.1. The molecule has 43 heavy (non-hydrogen) atoms. The first-order valence-corrected chi connectivity index (χ1v) is 16.6. The number of carboxylic acid groups (broad SMARTS) is 1. The summed E-state index contributed by atoms with van der Waals surface area (Å²) in [6.07, 6.45) is 4.65. The lowest BCUT2D eigenvalue weighted by Gasteiger charge is -2.16. The Morgan fingerprint density at radius 1 is 1.19 bits per heavy atom. The van der Waals surface area contributed by atoms with Crippen LogP contribution in [0.5, 0.6) is 0 Å². The first-order chi connectivity index (χ1) is 20.5. The van der Waals surface area contributed by atoms with Crippen molar-refractivity contribution in [2.75, 3.05) is 0 Å². The second-order valence-electron chi connectivity index (χ2n) is 10.4. The SMILES string of the molecule is Cc1ncc(C#Cc2cccc(-c3cc(-c4nc(C(=O)O)cs4)c(CC4CC4)n3Cc3ccc(S(N)(=O)=O)c(F)c3)c2)s1. The topological polar surface area (TPSA) is 128 Å². The van der Waals surface area contributed by atoms with Gasteiger partial charge in [-0.3, -0.25) is 0 Å². The van der Waals surface area contributed by atoms with Gasteiger partial charge in [-0.05, 0) is 79.5 Å². The van der Waals surface area contributed by atoms with E-state index in [0.717, 1.165) is 57.2 Å². The second-order valence-corrected chi connectivity index (χ2v) is 14.0. The lowest BCUT2D eigenvalue weighted by molar-refractivity contribution is 0.0691. The van der Waals surface area contributed by atoms with Crippen LogP contribution in [0.1, 0.15) is 50.0 Å². The zero-order valence-electron chi connectivity index (χ0n) is 22.9. The third kappa shape index (κ3) is 6.45. The molecule has 1 aliphatic carbocycles. The molecule has 0 atom stereocenters. The van der Waals surface area contributed by atoms with E-state index in [9.17, 15) is 22.7 Å². The summed E-state index contributed by atoms with van der Waals surface area (Å²) in [6, 6.07) is 13.7. The number of carbonyl (C=O) groups is 1. The Morgan fingerprint density at radius 2 is 2.00 bits per heavy atom. The maximum Gasteiger partial charge on any atom is 0.355 e. The number of nitrogens with zero attached hydrogens (tertiary/aromatic N) is 3. The first-order valence-electron chi connectivity index (χ1n) is 13.3. The van der Waals surface area contributed by atoms with Crippen molar-refractivity contribution in [3.05, 3.63) is 98.3 Å². The van der Waals surface area contributed by atoms with E-state index in [-0.39, 0.29) is 12.2 Å². The summed E-state index contributed by atoms with van der Waals surface area (Å²) in [5, 5.41) is 17.7. The summed E-state index contributed by atoms with van der Waals surface area (Å²) in [7, 11) is -4.21. The van der Waals surface area contributed by atoms with E-state index in [1.165, 1.54) is 40.2 Å². The van der Waals surface area contributed by atoms with E-state index in [4.69, 9.17) is 5.14 Å². The number of aromatic carboxylic acids is 1. The molecule has 3 heterocycles. The molecule has 1 aliphatic rings. The van der Waals surface area contributed by atoms with Crippen molar-refractivity contribution in [1.82, 2.24) is 14.5 Å². The Hall–Kier alpha value is -4.15. The molecule has 1 fully saturated rings. The molecule has 0 aliphatic heterocycles. The molecule has 0 spiro atoms. The van der Waals surface area contributed by atoms with Gasteiger partial charge in [-0.2, -0.15) is 0 Å². The summed E-state index contributed by atoms with van der Waals surface area (Å²) < 4.78 is 40.6. The number of halogens is 1. The molecule has 0 radical (unpaired) electrons. The quantitative estimate of drug-likeness (QED) is 0.204. The molecule has 0 amide bonds. The maximum absolute atomic E-state index is 14.9. The molecule has 3 N–H and O–H groups in total. The maximum atomic E-state index is 14.9. The third-order valence-electron chi connectivity index (χ3n) is 7.09. The fourth-order valence-corrected chi connectivity index (χ4v) is 6.92. The molecule has 8 nitrogen and oxygen atoms in total. The average molecular weight is 633 g/mol. The lowest BCUT2D eigenvalue weighted by Crippen LogP contribution is -2.14. The van der Waals surface area contributed by atoms with Crippen molar-refractivity contribution in [2.45, 2.75) is 37.6 Å². The van der Waals surface area contributed by atoms with Crippen molar-refractivity contribution >= 4 is 38.7 Å². The van der Waals surface area contributed by atoms with Gasteiger partial charge in [-0.15, -0.1) is 22.7 Å². The van der Waals surface area contributed by atoms with Crippen LogP contribution in [0.3, 0.4) is 0 Å². The van der Waals surface area contributed by atoms with Crippen LogP contribution in [0, 0.1) is 30.5 Å². The normalized spacial score (nSPS) is 13.1. The number of aromatic nitrogens is 3. The predicted octanol–water partition coefficient (Wildman–Crippen LogP) is 5.93. The summed E-state index contributed by atoms with van der Waals surface area (Å²) in [5.41, 5.74) is 4.79. The van der Waals surface area contributed by atoms with Gasteiger partial charge in [0.1, 0.15) is 15.7 Å². The van der Waals surface area contributed by atoms with Crippen LogP contribution in [-0.4, -0.2) is 34.0 Å². The number of aryl methyl sites for hydroxylation is 1. The molecule has 0 saturated heterocycles. The van der Waals surface area contributed by atoms with Gasteiger partial charge in [-0.25, -0.2) is 32.7 Å². The summed E-state index contributed by atoms with van der Waals surface area (Å²) in [5.74, 6) is 4.83. The molecule has 2 aromatic carbocycles. The third-order valence-corrected chi connectivity index (χ3v) is 9.74. The van der Waals surface area contributed by atoms with Crippen LogP contribution < -0.4 is 5.14 Å². The van der Waals surface area contributed by atoms with Crippen LogP contribution in [0.15, 0.2) is 65.0 Å². The zero-order chi connectivity index (χ0) is 30.3. The number of thiazole rings is 2. The number of hydrogen-bond acceptors (Lipinski definition) is 7. The van der Waals surface area contributed by atoms with E-state index in [0.29, 0.717) is 16.5 Å². The van der Waals surface area contributed by atoms with Gasteiger partial charge in [0.15, 0.2) is 5.69 Å². The largest absolute Gasteiger partial charge is 0.476 e. The number of benzene rings is 2. The minimum absolute atomic E-state index is 0.0251. The standard InChI is InChI=1S/C31H25FN4O4S3/c1-18-34-15-23(42-18)9-7-19-3-2-4-22(11-19)27-14-24(30-35-26(17-41-30)31(37)38)28(13-20-5-6-20)36(27)16-21-8-10-29(25(32)12-21)43(33,39)40/h2-4,8,10-12,14-15,17,20H,5-6,13,16H2,1H3,(H,37,38)(H2,33,39,40). The van der Waals surface area contributed by atoms with Gasteiger partial charge in [0.2, 0.25) is 10.0 Å². The van der Waals surface area contributed by atoms with E-state index >= 15 is 0 Å². The summed E-state index contributed by atoms with van der Waals surface area (Å²) in [6.45, 7) is 2.17. The molecule has 218 valence electrons. The molecule has 3 aromatic heterocycles. The minimum Gasteiger partial charge on any atom is -0.476 e. The fraction of sp³-hybridized carbons (Fsp3) is 0.194. The number of rotatable bonds is 8. The first kappa shape index (κ1) is 28.9. The Morgan fingerprint density at radius 3 is 2.65 bits per heavy atom. The predicted molar refractivity (Wildman–Crippen MR) is 164 cm³/mol. The molecule has 1 saturated carbocycles. The van der Waals surface area contributed by atoms with Crippen LogP contribution in [0.25, 0.3) is 21.8 Å². The highest BCUT2D eigenvalue weighted by atomic mass is 32.2. The monoisotopic (exact) mass is 632 g/mol. The van der Waals surface area contributed by atoms with Crippen molar-refractivity contribution in [3.8, 4) is 33.7 Å². The zero-order valence-corrected chi connectivity index (χ0v) is 25.3.